The molecular formula is C19H19N3O. The third kappa shape index (κ3) is 2.72. The predicted molar refractivity (Wildman–Crippen MR) is 92.7 cm³/mol. The largest absolute Gasteiger partial charge is 0.508 e. The van der Waals surface area contributed by atoms with Gasteiger partial charge in [-0.3, -0.25) is 0 Å². The Hall–Kier alpha value is -2.62. The average Bonchev–Trinajstić information content (AvgIpc) is 2.62. The Labute approximate surface area is 135 Å². The summed E-state index contributed by atoms with van der Waals surface area (Å²) in [7, 11) is 0. The van der Waals surface area contributed by atoms with E-state index in [9.17, 15) is 5.11 Å². The van der Waals surface area contributed by atoms with Crippen molar-refractivity contribution in [1.29, 1.82) is 0 Å². The Morgan fingerprint density at radius 2 is 1.65 bits per heavy atom. The van der Waals surface area contributed by atoms with E-state index in [1.54, 1.807) is 12.1 Å². The molecule has 0 saturated carbocycles. The number of phenolic OH excluding ortho intramolecular Hbond substituents is 1. The standard InChI is InChI=1S/C19H19N3O/c23-15-9-10-17-16(13-15)19(22-11-5-2-6-12-22)21-18(20-17)14-7-3-1-4-8-14/h1,3-4,7-10,13,23H,2,5-6,11-12H2. The summed E-state index contributed by atoms with van der Waals surface area (Å²) in [5, 5.41) is 10.8. The summed E-state index contributed by atoms with van der Waals surface area (Å²) in [6.07, 6.45) is 3.65. The lowest BCUT2D eigenvalue weighted by Crippen LogP contribution is -2.30. The normalized spacial score (nSPS) is 15.0. The summed E-state index contributed by atoms with van der Waals surface area (Å²) in [5.41, 5.74) is 1.89. The summed E-state index contributed by atoms with van der Waals surface area (Å²) >= 11 is 0. The van der Waals surface area contributed by atoms with E-state index < -0.39 is 0 Å². The molecule has 1 fully saturated rings. The van der Waals surface area contributed by atoms with Crippen LogP contribution < -0.4 is 4.90 Å². The van der Waals surface area contributed by atoms with Gasteiger partial charge in [0.25, 0.3) is 0 Å². The summed E-state index contributed by atoms with van der Waals surface area (Å²) in [6, 6.07) is 15.4. The topological polar surface area (TPSA) is 49.3 Å². The van der Waals surface area contributed by atoms with Crippen LogP contribution in [0.2, 0.25) is 0 Å². The van der Waals surface area contributed by atoms with Crippen molar-refractivity contribution in [2.75, 3.05) is 18.0 Å². The minimum atomic E-state index is 0.256. The molecule has 0 amide bonds. The van der Waals surface area contributed by atoms with Gasteiger partial charge in [0.2, 0.25) is 0 Å². The first-order valence-corrected chi connectivity index (χ1v) is 8.12. The lowest BCUT2D eigenvalue weighted by Gasteiger charge is -2.29. The Balaban J connectivity index is 1.91. The summed E-state index contributed by atoms with van der Waals surface area (Å²) < 4.78 is 0. The molecule has 1 saturated heterocycles. The van der Waals surface area contributed by atoms with Crippen LogP contribution >= 0.6 is 0 Å². The van der Waals surface area contributed by atoms with Crippen LogP contribution in [0.25, 0.3) is 22.3 Å². The first kappa shape index (κ1) is 14.0. The van der Waals surface area contributed by atoms with E-state index >= 15 is 0 Å². The van der Waals surface area contributed by atoms with E-state index in [1.807, 2.05) is 36.4 Å². The van der Waals surface area contributed by atoms with E-state index in [0.717, 1.165) is 41.2 Å². The molecule has 4 nitrogen and oxygen atoms in total. The maximum absolute atomic E-state index is 9.87. The number of piperidine rings is 1. The number of anilines is 1. The van der Waals surface area contributed by atoms with Crippen LogP contribution in [0.1, 0.15) is 19.3 Å². The number of nitrogens with zero attached hydrogens (tertiary/aromatic N) is 3. The molecule has 0 radical (unpaired) electrons. The van der Waals surface area contributed by atoms with Crippen LogP contribution in [0.5, 0.6) is 5.75 Å². The zero-order valence-corrected chi connectivity index (χ0v) is 12.9. The molecule has 0 aliphatic carbocycles. The fourth-order valence-electron chi connectivity index (χ4n) is 3.16. The number of aromatic hydroxyl groups is 1. The van der Waals surface area contributed by atoms with Crippen LogP contribution in [0.15, 0.2) is 48.5 Å². The van der Waals surface area contributed by atoms with Crippen LogP contribution in [0.3, 0.4) is 0 Å². The Morgan fingerprint density at radius 3 is 2.43 bits per heavy atom. The van der Waals surface area contributed by atoms with Gasteiger partial charge in [-0.25, -0.2) is 9.97 Å². The van der Waals surface area contributed by atoms with Gasteiger partial charge in [-0.05, 0) is 37.5 Å². The zero-order chi connectivity index (χ0) is 15.6. The number of rotatable bonds is 2. The molecule has 2 aromatic carbocycles. The SMILES string of the molecule is Oc1ccc2nc(-c3ccccc3)nc(N3CCCCC3)c2c1. The summed E-state index contributed by atoms with van der Waals surface area (Å²) in [4.78, 5) is 11.9. The van der Waals surface area contributed by atoms with E-state index in [2.05, 4.69) is 4.90 Å². The zero-order valence-electron chi connectivity index (χ0n) is 12.9. The first-order valence-electron chi connectivity index (χ1n) is 8.12. The maximum atomic E-state index is 9.87. The van der Waals surface area contributed by atoms with Crippen molar-refractivity contribution in [1.82, 2.24) is 9.97 Å². The monoisotopic (exact) mass is 305 g/mol. The predicted octanol–water partition coefficient (Wildman–Crippen LogP) is 3.99. The molecule has 0 unspecified atom stereocenters. The lowest BCUT2D eigenvalue weighted by atomic mass is 10.1. The van der Waals surface area contributed by atoms with Crippen molar-refractivity contribution < 1.29 is 5.11 Å². The van der Waals surface area contributed by atoms with E-state index in [4.69, 9.17) is 9.97 Å². The molecule has 1 aromatic heterocycles. The molecular weight excluding hydrogens is 286 g/mol. The van der Waals surface area contributed by atoms with Gasteiger partial charge in [0.15, 0.2) is 5.82 Å². The highest BCUT2D eigenvalue weighted by molar-refractivity contribution is 5.92. The van der Waals surface area contributed by atoms with Crippen LogP contribution in [-0.4, -0.2) is 28.2 Å². The molecule has 0 bridgehead atoms. The number of hydrogen-bond acceptors (Lipinski definition) is 4. The summed E-state index contributed by atoms with van der Waals surface area (Å²) in [6.45, 7) is 2.02. The summed E-state index contributed by atoms with van der Waals surface area (Å²) in [5.74, 6) is 1.93. The second-order valence-electron chi connectivity index (χ2n) is 5.99. The first-order chi connectivity index (χ1) is 11.3. The maximum Gasteiger partial charge on any atom is 0.162 e. The van der Waals surface area contributed by atoms with E-state index in [1.165, 1.54) is 19.3 Å². The number of hydrogen-bond donors (Lipinski definition) is 1. The van der Waals surface area contributed by atoms with Crippen molar-refractivity contribution >= 4 is 16.7 Å². The van der Waals surface area contributed by atoms with Gasteiger partial charge in [-0.1, -0.05) is 30.3 Å². The van der Waals surface area contributed by atoms with Gasteiger partial charge >= 0.3 is 0 Å². The second kappa shape index (κ2) is 5.88. The minimum absolute atomic E-state index is 0.256. The molecule has 1 N–H and O–H groups in total. The van der Waals surface area contributed by atoms with Crippen molar-refractivity contribution in [3.8, 4) is 17.1 Å². The third-order valence-electron chi connectivity index (χ3n) is 4.35. The van der Waals surface area contributed by atoms with Crippen LogP contribution in [-0.2, 0) is 0 Å². The molecule has 1 aliphatic heterocycles. The lowest BCUT2D eigenvalue weighted by molar-refractivity contribution is 0.476. The highest BCUT2D eigenvalue weighted by atomic mass is 16.3. The number of aromatic nitrogens is 2. The molecule has 3 aromatic rings. The quantitative estimate of drug-likeness (QED) is 0.777. The highest BCUT2D eigenvalue weighted by Crippen LogP contribution is 2.31. The van der Waals surface area contributed by atoms with Gasteiger partial charge in [-0.15, -0.1) is 0 Å². The van der Waals surface area contributed by atoms with Gasteiger partial charge in [0, 0.05) is 24.0 Å². The van der Waals surface area contributed by atoms with Crippen LogP contribution in [0, 0.1) is 0 Å². The van der Waals surface area contributed by atoms with Crippen molar-refractivity contribution in [2.24, 2.45) is 0 Å². The van der Waals surface area contributed by atoms with Crippen LogP contribution in [0.4, 0.5) is 5.82 Å². The van der Waals surface area contributed by atoms with Crippen molar-refractivity contribution in [3.05, 3.63) is 48.5 Å². The molecule has 1 aliphatic rings. The van der Waals surface area contributed by atoms with Gasteiger partial charge in [0.05, 0.1) is 5.52 Å². The van der Waals surface area contributed by atoms with Gasteiger partial charge in [0.1, 0.15) is 11.6 Å². The molecule has 2 heterocycles. The molecule has 4 heteroatoms. The second-order valence-corrected chi connectivity index (χ2v) is 5.99. The molecule has 0 spiro atoms. The smallest absolute Gasteiger partial charge is 0.162 e. The highest BCUT2D eigenvalue weighted by Gasteiger charge is 2.18. The van der Waals surface area contributed by atoms with Crippen molar-refractivity contribution in [3.63, 3.8) is 0 Å². The number of phenols is 1. The molecule has 4 rings (SSSR count). The fraction of sp³-hybridized carbons (Fsp3) is 0.263. The Morgan fingerprint density at radius 1 is 0.870 bits per heavy atom. The fourth-order valence-corrected chi connectivity index (χ4v) is 3.16. The Kier molecular flexibility index (Phi) is 3.58. The number of benzene rings is 2. The molecule has 0 atom stereocenters. The van der Waals surface area contributed by atoms with Gasteiger partial charge in [-0.2, -0.15) is 0 Å². The van der Waals surface area contributed by atoms with Gasteiger partial charge < -0.3 is 10.0 Å². The van der Waals surface area contributed by atoms with E-state index in [0.29, 0.717) is 0 Å². The Bertz CT molecular complexity index is 827. The third-order valence-corrected chi connectivity index (χ3v) is 4.35. The molecule has 116 valence electrons. The van der Waals surface area contributed by atoms with Crippen molar-refractivity contribution in [2.45, 2.75) is 19.3 Å². The van der Waals surface area contributed by atoms with E-state index in [-0.39, 0.29) is 5.75 Å². The minimum Gasteiger partial charge on any atom is -0.508 e. The molecule has 23 heavy (non-hydrogen) atoms. The number of fused-ring (bicyclic) bond motifs is 1. The average molecular weight is 305 g/mol.